The SMILES string of the molecule is CCC(C)c1ccc(NCc2ccc(Cl)c(Br)c2)cc1. The monoisotopic (exact) mass is 351 g/mol. The topological polar surface area (TPSA) is 12.0 Å². The summed E-state index contributed by atoms with van der Waals surface area (Å²) in [7, 11) is 0. The normalized spacial score (nSPS) is 12.2. The summed E-state index contributed by atoms with van der Waals surface area (Å²) in [4.78, 5) is 0. The minimum absolute atomic E-state index is 0.622. The summed E-state index contributed by atoms with van der Waals surface area (Å²) >= 11 is 9.44. The Kier molecular flexibility index (Phi) is 5.50. The minimum Gasteiger partial charge on any atom is -0.381 e. The molecule has 1 nitrogen and oxygen atoms in total. The quantitative estimate of drug-likeness (QED) is 0.672. The van der Waals surface area contributed by atoms with Crippen molar-refractivity contribution in [3.8, 4) is 0 Å². The second kappa shape index (κ2) is 7.14. The number of nitrogens with one attached hydrogen (secondary N) is 1. The van der Waals surface area contributed by atoms with Gasteiger partial charge in [-0.05, 0) is 63.7 Å². The number of halogens is 2. The Balaban J connectivity index is 1.98. The molecule has 0 fully saturated rings. The van der Waals surface area contributed by atoms with Gasteiger partial charge in [0.2, 0.25) is 0 Å². The van der Waals surface area contributed by atoms with Crippen LogP contribution in [0.3, 0.4) is 0 Å². The van der Waals surface area contributed by atoms with Gasteiger partial charge in [0.1, 0.15) is 0 Å². The number of hydrogen-bond donors (Lipinski definition) is 1. The Morgan fingerprint density at radius 1 is 1.15 bits per heavy atom. The van der Waals surface area contributed by atoms with Crippen LogP contribution in [0, 0.1) is 0 Å². The molecule has 0 spiro atoms. The van der Waals surface area contributed by atoms with Crippen LogP contribution in [0.1, 0.15) is 37.3 Å². The zero-order valence-corrected chi connectivity index (χ0v) is 14.1. The molecule has 0 bridgehead atoms. The molecule has 1 N–H and O–H groups in total. The maximum absolute atomic E-state index is 5.99. The smallest absolute Gasteiger partial charge is 0.0548 e. The van der Waals surface area contributed by atoms with Gasteiger partial charge in [0.25, 0.3) is 0 Å². The van der Waals surface area contributed by atoms with Crippen molar-refractivity contribution in [2.24, 2.45) is 0 Å². The van der Waals surface area contributed by atoms with E-state index in [1.165, 1.54) is 17.5 Å². The van der Waals surface area contributed by atoms with E-state index in [0.717, 1.165) is 21.7 Å². The second-order valence-electron chi connectivity index (χ2n) is 5.03. The van der Waals surface area contributed by atoms with Crippen molar-refractivity contribution in [1.29, 1.82) is 0 Å². The van der Waals surface area contributed by atoms with Gasteiger partial charge in [0, 0.05) is 16.7 Å². The molecule has 20 heavy (non-hydrogen) atoms. The summed E-state index contributed by atoms with van der Waals surface area (Å²) in [6.45, 7) is 5.27. The molecule has 0 aliphatic rings. The molecular formula is C17H19BrClN. The van der Waals surface area contributed by atoms with Crippen LogP contribution in [0.4, 0.5) is 5.69 Å². The number of anilines is 1. The highest BCUT2D eigenvalue weighted by Gasteiger charge is 2.03. The van der Waals surface area contributed by atoms with E-state index in [-0.39, 0.29) is 0 Å². The van der Waals surface area contributed by atoms with Crippen molar-refractivity contribution >= 4 is 33.2 Å². The molecule has 3 heteroatoms. The zero-order valence-electron chi connectivity index (χ0n) is 11.8. The molecule has 2 aromatic rings. The summed E-state index contributed by atoms with van der Waals surface area (Å²) in [6, 6.07) is 14.7. The lowest BCUT2D eigenvalue weighted by molar-refractivity contribution is 0.734. The van der Waals surface area contributed by atoms with E-state index in [9.17, 15) is 0 Å². The van der Waals surface area contributed by atoms with Crippen LogP contribution in [0.5, 0.6) is 0 Å². The first kappa shape index (κ1) is 15.4. The lowest BCUT2D eigenvalue weighted by atomic mass is 9.99. The van der Waals surface area contributed by atoms with E-state index in [1.54, 1.807) is 0 Å². The molecule has 0 aliphatic heterocycles. The lowest BCUT2D eigenvalue weighted by Crippen LogP contribution is -2.00. The van der Waals surface area contributed by atoms with E-state index in [4.69, 9.17) is 11.6 Å². The third kappa shape index (κ3) is 4.00. The molecule has 0 radical (unpaired) electrons. The van der Waals surface area contributed by atoms with Gasteiger partial charge in [-0.25, -0.2) is 0 Å². The molecule has 2 aromatic carbocycles. The largest absolute Gasteiger partial charge is 0.381 e. The van der Waals surface area contributed by atoms with Gasteiger partial charge in [-0.2, -0.15) is 0 Å². The van der Waals surface area contributed by atoms with Crippen LogP contribution < -0.4 is 5.32 Å². The fourth-order valence-electron chi connectivity index (χ4n) is 2.02. The first-order valence-electron chi connectivity index (χ1n) is 6.88. The fraction of sp³-hybridized carbons (Fsp3) is 0.294. The number of hydrogen-bond acceptors (Lipinski definition) is 1. The molecular weight excluding hydrogens is 334 g/mol. The van der Waals surface area contributed by atoms with Crippen LogP contribution in [0.25, 0.3) is 0 Å². The van der Waals surface area contributed by atoms with Crippen molar-refractivity contribution in [1.82, 2.24) is 0 Å². The summed E-state index contributed by atoms with van der Waals surface area (Å²) < 4.78 is 0.936. The molecule has 0 heterocycles. The predicted molar refractivity (Wildman–Crippen MR) is 91.6 cm³/mol. The molecule has 0 amide bonds. The van der Waals surface area contributed by atoms with Gasteiger partial charge in [0.05, 0.1) is 5.02 Å². The van der Waals surface area contributed by atoms with Gasteiger partial charge < -0.3 is 5.32 Å². The van der Waals surface area contributed by atoms with Crippen molar-refractivity contribution in [3.63, 3.8) is 0 Å². The van der Waals surface area contributed by atoms with Gasteiger partial charge in [0.15, 0.2) is 0 Å². The van der Waals surface area contributed by atoms with Crippen LogP contribution in [-0.4, -0.2) is 0 Å². The fourth-order valence-corrected chi connectivity index (χ4v) is 2.56. The van der Waals surface area contributed by atoms with Crippen LogP contribution in [0.2, 0.25) is 5.02 Å². The first-order chi connectivity index (χ1) is 9.60. The van der Waals surface area contributed by atoms with E-state index in [0.29, 0.717) is 5.92 Å². The third-order valence-corrected chi connectivity index (χ3v) is 4.79. The highest BCUT2D eigenvalue weighted by atomic mass is 79.9. The molecule has 2 rings (SSSR count). The molecule has 0 aliphatic carbocycles. The summed E-state index contributed by atoms with van der Waals surface area (Å²) in [5.41, 5.74) is 3.74. The van der Waals surface area contributed by atoms with E-state index < -0.39 is 0 Å². The van der Waals surface area contributed by atoms with Gasteiger partial charge >= 0.3 is 0 Å². The van der Waals surface area contributed by atoms with Crippen molar-refractivity contribution in [3.05, 3.63) is 63.1 Å². The van der Waals surface area contributed by atoms with Crippen LogP contribution >= 0.6 is 27.5 Å². The summed E-state index contributed by atoms with van der Waals surface area (Å²) in [5, 5.41) is 4.17. The molecule has 1 unspecified atom stereocenters. The van der Waals surface area contributed by atoms with Gasteiger partial charge in [-0.1, -0.05) is 43.6 Å². The Morgan fingerprint density at radius 3 is 2.45 bits per heavy atom. The van der Waals surface area contributed by atoms with Crippen molar-refractivity contribution < 1.29 is 0 Å². The third-order valence-electron chi connectivity index (χ3n) is 3.57. The molecule has 1 atom stereocenters. The van der Waals surface area contributed by atoms with E-state index in [2.05, 4.69) is 59.4 Å². The van der Waals surface area contributed by atoms with Gasteiger partial charge in [-0.15, -0.1) is 0 Å². The molecule has 0 aromatic heterocycles. The molecule has 106 valence electrons. The number of rotatable bonds is 5. The lowest BCUT2D eigenvalue weighted by Gasteiger charge is -2.11. The average Bonchev–Trinajstić information content (AvgIpc) is 2.48. The standard InChI is InChI=1S/C17H19BrClN/c1-3-12(2)14-5-7-15(8-6-14)20-11-13-4-9-17(19)16(18)10-13/h4-10,12,20H,3,11H2,1-2H3. The van der Waals surface area contributed by atoms with Crippen molar-refractivity contribution in [2.45, 2.75) is 32.7 Å². The van der Waals surface area contributed by atoms with E-state index >= 15 is 0 Å². The zero-order chi connectivity index (χ0) is 14.5. The summed E-state index contributed by atoms with van der Waals surface area (Å²) in [6.07, 6.45) is 1.17. The van der Waals surface area contributed by atoms with E-state index in [1.807, 2.05) is 18.2 Å². The van der Waals surface area contributed by atoms with Crippen LogP contribution in [0.15, 0.2) is 46.9 Å². The number of benzene rings is 2. The Bertz CT molecular complexity index is 566. The first-order valence-corrected chi connectivity index (χ1v) is 8.05. The molecule has 0 saturated heterocycles. The summed E-state index contributed by atoms with van der Waals surface area (Å²) in [5.74, 6) is 0.622. The van der Waals surface area contributed by atoms with Crippen LogP contribution in [-0.2, 0) is 6.54 Å². The Morgan fingerprint density at radius 2 is 1.85 bits per heavy atom. The maximum atomic E-state index is 5.99. The minimum atomic E-state index is 0.622. The Hall–Kier alpha value is -0.990. The predicted octanol–water partition coefficient (Wildman–Crippen LogP) is 6.23. The van der Waals surface area contributed by atoms with Crippen molar-refractivity contribution in [2.75, 3.05) is 5.32 Å². The average molecular weight is 353 g/mol. The Labute approximate surface area is 134 Å². The second-order valence-corrected chi connectivity index (χ2v) is 6.29. The van der Waals surface area contributed by atoms with Gasteiger partial charge in [-0.3, -0.25) is 0 Å². The highest BCUT2D eigenvalue weighted by molar-refractivity contribution is 9.10. The molecule has 0 saturated carbocycles. The highest BCUT2D eigenvalue weighted by Crippen LogP contribution is 2.24. The maximum Gasteiger partial charge on any atom is 0.0548 e.